The Kier molecular flexibility index (Phi) is 3.72. The number of para-hydroxylation sites is 1. The van der Waals surface area contributed by atoms with Crippen molar-refractivity contribution in [3.05, 3.63) is 42.0 Å². The number of benzene rings is 1. The molecule has 2 fully saturated rings. The second-order valence-electron chi connectivity index (χ2n) is 10.4. The molecule has 2 saturated carbocycles. The van der Waals surface area contributed by atoms with Crippen LogP contribution < -0.4 is 0 Å². The number of aliphatic hydroxyl groups is 1. The molecule has 1 N–H and O–H groups in total. The normalized spacial score (nSPS) is 41.3. The number of hydrogen-bond donors (Lipinski definition) is 1. The van der Waals surface area contributed by atoms with Gasteiger partial charge in [-0.1, -0.05) is 48.9 Å². The average molecular weight is 390 g/mol. The first-order valence-corrected chi connectivity index (χ1v) is 11.4. The van der Waals surface area contributed by atoms with Crippen molar-refractivity contribution in [2.45, 2.75) is 64.9 Å². The zero-order chi connectivity index (χ0) is 19.8. The summed E-state index contributed by atoms with van der Waals surface area (Å²) < 4.78 is 2.13. The van der Waals surface area contributed by atoms with Crippen molar-refractivity contribution in [2.24, 2.45) is 28.6 Å². The lowest BCUT2D eigenvalue weighted by molar-refractivity contribution is -0.0295. The fourth-order valence-corrected chi connectivity index (χ4v) is 7.63. The van der Waals surface area contributed by atoms with E-state index in [2.05, 4.69) is 59.2 Å². The first kappa shape index (κ1) is 17.9. The summed E-state index contributed by atoms with van der Waals surface area (Å²) in [5, 5.41) is 19.2. The Hall–Kier alpha value is -1.94. The highest BCUT2D eigenvalue weighted by atomic mass is 16.3. The van der Waals surface area contributed by atoms with E-state index >= 15 is 0 Å². The first-order valence-electron chi connectivity index (χ1n) is 11.4. The molecule has 0 spiro atoms. The van der Waals surface area contributed by atoms with Gasteiger partial charge in [0.25, 0.3) is 0 Å². The second kappa shape index (κ2) is 6.04. The maximum atomic E-state index is 10.2. The summed E-state index contributed by atoms with van der Waals surface area (Å²) in [6, 6.07) is 8.32. The largest absolute Gasteiger partial charge is 0.389 e. The van der Waals surface area contributed by atoms with Crippen LogP contribution in [-0.2, 0) is 0 Å². The molecule has 29 heavy (non-hydrogen) atoms. The molecule has 2 aromatic rings. The van der Waals surface area contributed by atoms with Crippen LogP contribution in [0, 0.1) is 28.6 Å². The third-order valence-corrected chi connectivity index (χ3v) is 9.21. The molecule has 6 unspecified atom stereocenters. The molecular formula is C25H31N3O. The number of nitrogens with zero attached hydrogens (tertiary/aromatic N) is 3. The van der Waals surface area contributed by atoms with Crippen LogP contribution in [0.2, 0.25) is 0 Å². The highest BCUT2D eigenvalue weighted by molar-refractivity contribution is 5.79. The number of aromatic nitrogens is 3. The van der Waals surface area contributed by atoms with Gasteiger partial charge in [-0.25, -0.2) is 4.68 Å². The van der Waals surface area contributed by atoms with Crippen molar-refractivity contribution in [1.29, 1.82) is 0 Å². The third kappa shape index (κ3) is 2.35. The Balaban J connectivity index is 1.36. The van der Waals surface area contributed by atoms with E-state index in [1.54, 1.807) is 5.57 Å². The van der Waals surface area contributed by atoms with Gasteiger partial charge in [0.05, 0.1) is 11.6 Å². The molecule has 0 amide bonds. The summed E-state index contributed by atoms with van der Waals surface area (Å²) in [6.45, 7) is 4.99. The summed E-state index contributed by atoms with van der Waals surface area (Å²) in [5.74, 6) is 2.23. The minimum atomic E-state index is -0.219. The molecule has 1 aromatic carbocycles. The van der Waals surface area contributed by atoms with Crippen molar-refractivity contribution in [3.63, 3.8) is 0 Å². The number of hydrogen-bond acceptors (Lipinski definition) is 3. The molecule has 1 heterocycles. The number of allylic oxidation sites excluding steroid dienone is 3. The van der Waals surface area contributed by atoms with E-state index < -0.39 is 0 Å². The summed E-state index contributed by atoms with van der Waals surface area (Å²) in [7, 11) is 0. The second-order valence-corrected chi connectivity index (χ2v) is 10.4. The van der Waals surface area contributed by atoms with Crippen molar-refractivity contribution in [1.82, 2.24) is 15.0 Å². The highest BCUT2D eigenvalue weighted by Crippen LogP contribution is 2.66. The predicted octanol–water partition coefficient (Wildman–Crippen LogP) is 5.21. The number of fused-ring (bicyclic) bond motifs is 6. The van der Waals surface area contributed by atoms with Crippen LogP contribution in [0.25, 0.3) is 16.7 Å². The minimum absolute atomic E-state index is 0.184. The third-order valence-electron chi connectivity index (χ3n) is 9.21. The van der Waals surface area contributed by atoms with Crippen LogP contribution in [0.4, 0.5) is 0 Å². The van der Waals surface area contributed by atoms with E-state index in [0.29, 0.717) is 11.3 Å². The lowest BCUT2D eigenvalue weighted by atomic mass is 9.47. The molecule has 6 rings (SSSR count). The van der Waals surface area contributed by atoms with Gasteiger partial charge in [0, 0.05) is 11.1 Å². The van der Waals surface area contributed by atoms with E-state index in [0.717, 1.165) is 35.7 Å². The molecule has 4 nitrogen and oxygen atoms in total. The zero-order valence-electron chi connectivity index (χ0n) is 17.5. The molecule has 152 valence electrons. The van der Waals surface area contributed by atoms with Gasteiger partial charge in [-0.05, 0) is 80.2 Å². The van der Waals surface area contributed by atoms with Crippen molar-refractivity contribution in [2.75, 3.05) is 0 Å². The van der Waals surface area contributed by atoms with E-state index in [-0.39, 0.29) is 11.5 Å². The van der Waals surface area contributed by atoms with E-state index in [1.807, 2.05) is 6.07 Å². The van der Waals surface area contributed by atoms with Gasteiger partial charge in [-0.15, -0.1) is 5.10 Å². The van der Waals surface area contributed by atoms with Crippen molar-refractivity contribution in [3.8, 4) is 0 Å². The first-order chi connectivity index (χ1) is 14.0. The van der Waals surface area contributed by atoms with Gasteiger partial charge in [0.15, 0.2) is 0 Å². The fraction of sp³-hybridized carbons (Fsp3) is 0.600. The number of aliphatic hydroxyl groups excluding tert-OH is 1. The molecule has 0 radical (unpaired) electrons. The molecule has 0 aliphatic heterocycles. The van der Waals surface area contributed by atoms with E-state index in [9.17, 15) is 5.11 Å². The SMILES string of the molecule is CC12CCC(O)C=C1CCC1C2CCC2(C)C(n3nnc4ccccc43)=CCC12. The molecule has 1 aromatic heterocycles. The highest BCUT2D eigenvalue weighted by Gasteiger charge is 2.57. The van der Waals surface area contributed by atoms with Crippen LogP contribution >= 0.6 is 0 Å². The summed E-state index contributed by atoms with van der Waals surface area (Å²) in [5.41, 5.74) is 5.52. The lowest BCUT2D eigenvalue weighted by Gasteiger charge is -2.58. The van der Waals surface area contributed by atoms with Crippen LogP contribution in [0.15, 0.2) is 42.0 Å². The lowest BCUT2D eigenvalue weighted by Crippen LogP contribution is -2.50. The van der Waals surface area contributed by atoms with Gasteiger partial charge >= 0.3 is 0 Å². The predicted molar refractivity (Wildman–Crippen MR) is 115 cm³/mol. The quantitative estimate of drug-likeness (QED) is 0.682. The molecule has 4 aliphatic rings. The Morgan fingerprint density at radius 1 is 1.03 bits per heavy atom. The molecule has 0 bridgehead atoms. The van der Waals surface area contributed by atoms with E-state index in [4.69, 9.17) is 0 Å². The smallest absolute Gasteiger partial charge is 0.113 e. The standard InChI is InChI=1S/C25H31N3O/c1-24-13-11-17(29)15-16(24)7-8-18-19-9-10-23(25(19,2)14-12-20(18)24)28-22-6-4-3-5-21(22)26-27-28/h3-6,10,15,17-20,29H,7-9,11-14H2,1-2H3. The Labute approximate surface area is 172 Å². The molecule has 6 atom stereocenters. The maximum absolute atomic E-state index is 10.2. The molecular weight excluding hydrogens is 358 g/mol. The Bertz CT molecular complexity index is 1040. The van der Waals surface area contributed by atoms with Crippen molar-refractivity contribution >= 4 is 16.7 Å². The molecule has 4 heteroatoms. The monoisotopic (exact) mass is 389 g/mol. The summed E-state index contributed by atoms with van der Waals surface area (Å²) >= 11 is 0. The Morgan fingerprint density at radius 2 is 1.86 bits per heavy atom. The van der Waals surface area contributed by atoms with Gasteiger partial charge in [0.1, 0.15) is 5.52 Å². The summed E-state index contributed by atoms with van der Waals surface area (Å²) in [6.07, 6.45) is 12.7. The van der Waals surface area contributed by atoms with Crippen molar-refractivity contribution < 1.29 is 5.11 Å². The minimum Gasteiger partial charge on any atom is -0.389 e. The van der Waals surface area contributed by atoms with Gasteiger partial charge in [-0.2, -0.15) is 0 Å². The zero-order valence-corrected chi connectivity index (χ0v) is 17.5. The molecule has 0 saturated heterocycles. The number of rotatable bonds is 1. The summed E-state index contributed by atoms with van der Waals surface area (Å²) in [4.78, 5) is 0. The maximum Gasteiger partial charge on any atom is 0.113 e. The van der Waals surface area contributed by atoms with Crippen LogP contribution in [0.5, 0.6) is 0 Å². The van der Waals surface area contributed by atoms with Gasteiger partial charge in [0.2, 0.25) is 0 Å². The van der Waals surface area contributed by atoms with Gasteiger partial charge < -0.3 is 5.11 Å². The fourth-order valence-electron chi connectivity index (χ4n) is 7.63. The van der Waals surface area contributed by atoms with E-state index in [1.165, 1.54) is 37.8 Å². The van der Waals surface area contributed by atoms with Crippen LogP contribution in [0.3, 0.4) is 0 Å². The Morgan fingerprint density at radius 3 is 2.76 bits per heavy atom. The average Bonchev–Trinajstić information content (AvgIpc) is 3.29. The van der Waals surface area contributed by atoms with Crippen LogP contribution in [-0.4, -0.2) is 26.2 Å². The molecule has 4 aliphatic carbocycles. The van der Waals surface area contributed by atoms with Crippen LogP contribution in [0.1, 0.15) is 58.8 Å². The van der Waals surface area contributed by atoms with Gasteiger partial charge in [-0.3, -0.25) is 0 Å². The topological polar surface area (TPSA) is 50.9 Å².